The summed E-state index contributed by atoms with van der Waals surface area (Å²) in [5.74, 6) is 0.547. The molecule has 0 aliphatic carbocycles. The topological polar surface area (TPSA) is 47.0 Å². The molecule has 1 aliphatic heterocycles. The molecule has 0 unspecified atom stereocenters. The lowest BCUT2D eigenvalue weighted by Gasteiger charge is -2.15. The van der Waals surface area contributed by atoms with E-state index in [4.69, 9.17) is 4.74 Å². The van der Waals surface area contributed by atoms with Crippen molar-refractivity contribution < 1.29 is 17.9 Å². The van der Waals surface area contributed by atoms with Gasteiger partial charge in [-0.3, -0.25) is 0 Å². The minimum absolute atomic E-state index is 0.0620. The molecule has 7 heteroatoms. The summed E-state index contributed by atoms with van der Waals surface area (Å²) in [6.07, 6.45) is -2.71. The highest BCUT2D eigenvalue weighted by molar-refractivity contribution is 5.34. The molecule has 0 atom stereocenters. The Morgan fingerprint density at radius 2 is 1.79 bits per heavy atom. The Labute approximate surface area is 138 Å². The molecule has 2 aromatic rings. The monoisotopic (exact) mass is 337 g/mol. The zero-order valence-electron chi connectivity index (χ0n) is 13.1. The number of hydrogen-bond donors (Lipinski definition) is 1. The van der Waals surface area contributed by atoms with Gasteiger partial charge in [0.2, 0.25) is 5.88 Å². The van der Waals surface area contributed by atoms with Crippen LogP contribution in [0.15, 0.2) is 30.3 Å². The van der Waals surface area contributed by atoms with Crippen LogP contribution in [0.25, 0.3) is 0 Å². The number of hydrogen-bond acceptors (Lipinski definition) is 4. The Hall–Kier alpha value is -2.15. The third-order valence-electron chi connectivity index (χ3n) is 3.77. The zero-order valence-corrected chi connectivity index (χ0v) is 13.1. The first-order valence-electron chi connectivity index (χ1n) is 7.84. The van der Waals surface area contributed by atoms with E-state index in [2.05, 4.69) is 15.3 Å². The van der Waals surface area contributed by atoms with E-state index in [1.165, 1.54) is 0 Å². The maximum Gasteiger partial charge on any atom is 0.422 e. The maximum absolute atomic E-state index is 12.5. The van der Waals surface area contributed by atoms with Gasteiger partial charge in [-0.1, -0.05) is 30.3 Å². The molecule has 1 aromatic heterocycles. The Balaban J connectivity index is 1.90. The van der Waals surface area contributed by atoms with Crippen LogP contribution in [0.2, 0.25) is 0 Å². The van der Waals surface area contributed by atoms with Gasteiger partial charge in [0.25, 0.3) is 0 Å². The highest BCUT2D eigenvalue weighted by Gasteiger charge is 2.30. The van der Waals surface area contributed by atoms with E-state index in [0.29, 0.717) is 37.2 Å². The maximum atomic E-state index is 12.5. The second-order valence-electron chi connectivity index (χ2n) is 5.69. The summed E-state index contributed by atoms with van der Waals surface area (Å²) in [6, 6.07) is 9.60. The summed E-state index contributed by atoms with van der Waals surface area (Å²) in [5, 5.41) is 3.22. The fraction of sp³-hybridized carbons (Fsp3) is 0.412. The summed E-state index contributed by atoms with van der Waals surface area (Å²) in [5.41, 5.74) is 2.46. The lowest BCUT2D eigenvalue weighted by molar-refractivity contribution is -0.154. The van der Waals surface area contributed by atoms with Crippen LogP contribution in [0.5, 0.6) is 5.88 Å². The first-order valence-corrected chi connectivity index (χ1v) is 7.84. The normalized spacial score (nSPS) is 14.8. The van der Waals surface area contributed by atoms with Gasteiger partial charge in [0, 0.05) is 24.9 Å². The van der Waals surface area contributed by atoms with E-state index in [1.807, 2.05) is 30.3 Å². The minimum atomic E-state index is -4.39. The molecule has 1 N–H and O–H groups in total. The van der Waals surface area contributed by atoms with Crippen LogP contribution in [0.3, 0.4) is 0 Å². The first kappa shape index (κ1) is 16.7. The van der Waals surface area contributed by atoms with Gasteiger partial charge in [0.1, 0.15) is 5.82 Å². The molecule has 4 nitrogen and oxygen atoms in total. The summed E-state index contributed by atoms with van der Waals surface area (Å²) >= 11 is 0. The molecule has 128 valence electrons. The lowest BCUT2D eigenvalue weighted by atomic mass is 10.1. The Kier molecular flexibility index (Phi) is 4.99. The highest BCUT2D eigenvalue weighted by Crippen LogP contribution is 2.25. The van der Waals surface area contributed by atoms with Crippen LogP contribution >= 0.6 is 0 Å². The molecule has 0 amide bonds. The molecule has 2 heterocycles. The highest BCUT2D eigenvalue weighted by atomic mass is 19.4. The van der Waals surface area contributed by atoms with E-state index >= 15 is 0 Å². The predicted molar refractivity (Wildman–Crippen MR) is 83.1 cm³/mol. The molecule has 0 bridgehead atoms. The summed E-state index contributed by atoms with van der Waals surface area (Å²) in [7, 11) is 0. The minimum Gasteiger partial charge on any atom is -0.468 e. The Morgan fingerprint density at radius 3 is 2.54 bits per heavy atom. The molecular formula is C17H18F3N3O. The number of halogens is 3. The van der Waals surface area contributed by atoms with Crippen molar-refractivity contribution in [2.45, 2.75) is 25.4 Å². The van der Waals surface area contributed by atoms with Crippen molar-refractivity contribution in [1.82, 2.24) is 15.3 Å². The number of nitrogens with zero attached hydrogens (tertiary/aromatic N) is 2. The number of nitrogens with one attached hydrogen (secondary N) is 1. The molecule has 0 saturated carbocycles. The van der Waals surface area contributed by atoms with Crippen molar-refractivity contribution in [2.24, 2.45) is 0 Å². The molecule has 0 fully saturated rings. The third-order valence-corrected chi connectivity index (χ3v) is 3.77. The average Bonchev–Trinajstić information content (AvgIpc) is 2.78. The van der Waals surface area contributed by atoms with Crippen LogP contribution < -0.4 is 10.1 Å². The molecular weight excluding hydrogens is 319 g/mol. The second-order valence-corrected chi connectivity index (χ2v) is 5.69. The molecule has 1 aliphatic rings. The quantitative estimate of drug-likeness (QED) is 0.932. The SMILES string of the molecule is FC(F)(F)COc1nc(Cc2ccccc2)nc2c1CCNCC2. The smallest absolute Gasteiger partial charge is 0.422 e. The van der Waals surface area contributed by atoms with Gasteiger partial charge in [-0.25, -0.2) is 4.98 Å². The summed E-state index contributed by atoms with van der Waals surface area (Å²) in [6.45, 7) is 0.0823. The van der Waals surface area contributed by atoms with Gasteiger partial charge >= 0.3 is 6.18 Å². The fourth-order valence-electron chi connectivity index (χ4n) is 2.69. The van der Waals surface area contributed by atoms with Crippen molar-refractivity contribution in [3.05, 3.63) is 53.0 Å². The van der Waals surface area contributed by atoms with Crippen LogP contribution in [0.4, 0.5) is 13.2 Å². The van der Waals surface area contributed by atoms with Crippen molar-refractivity contribution in [3.8, 4) is 5.88 Å². The zero-order chi connectivity index (χ0) is 17.0. The van der Waals surface area contributed by atoms with Crippen LogP contribution in [-0.4, -0.2) is 35.8 Å². The molecule has 0 radical (unpaired) electrons. The molecule has 3 rings (SSSR count). The lowest BCUT2D eigenvalue weighted by Crippen LogP contribution is -2.21. The van der Waals surface area contributed by atoms with Crippen molar-refractivity contribution in [1.29, 1.82) is 0 Å². The van der Waals surface area contributed by atoms with Gasteiger partial charge < -0.3 is 10.1 Å². The molecule has 0 spiro atoms. The van der Waals surface area contributed by atoms with E-state index in [-0.39, 0.29) is 5.88 Å². The molecule has 0 saturated heterocycles. The Morgan fingerprint density at radius 1 is 1.04 bits per heavy atom. The van der Waals surface area contributed by atoms with Gasteiger partial charge in [-0.2, -0.15) is 18.2 Å². The van der Waals surface area contributed by atoms with Gasteiger partial charge in [0.05, 0.1) is 5.69 Å². The van der Waals surface area contributed by atoms with Crippen LogP contribution in [0.1, 0.15) is 22.6 Å². The van der Waals surface area contributed by atoms with E-state index in [9.17, 15) is 13.2 Å². The van der Waals surface area contributed by atoms with Gasteiger partial charge in [-0.05, 0) is 18.5 Å². The van der Waals surface area contributed by atoms with Crippen molar-refractivity contribution >= 4 is 0 Å². The second kappa shape index (κ2) is 7.17. The summed E-state index contributed by atoms with van der Waals surface area (Å²) in [4.78, 5) is 8.83. The predicted octanol–water partition coefficient (Wildman–Crippen LogP) is 2.70. The van der Waals surface area contributed by atoms with E-state index < -0.39 is 12.8 Å². The average molecular weight is 337 g/mol. The number of rotatable bonds is 4. The number of ether oxygens (including phenoxy) is 1. The number of benzene rings is 1. The standard InChI is InChI=1S/C17H18F3N3O/c18-17(19,20)11-24-16-13-6-8-21-9-7-14(13)22-15(23-16)10-12-4-2-1-3-5-12/h1-5,21H,6-11H2. The van der Waals surface area contributed by atoms with E-state index in [1.54, 1.807) is 0 Å². The summed E-state index contributed by atoms with van der Waals surface area (Å²) < 4.78 is 42.6. The van der Waals surface area contributed by atoms with Gasteiger partial charge in [-0.15, -0.1) is 0 Å². The van der Waals surface area contributed by atoms with Crippen LogP contribution in [0, 0.1) is 0 Å². The molecule has 24 heavy (non-hydrogen) atoms. The number of fused-ring (bicyclic) bond motifs is 1. The van der Waals surface area contributed by atoms with Crippen LogP contribution in [-0.2, 0) is 19.3 Å². The first-order chi connectivity index (χ1) is 11.5. The number of alkyl halides is 3. The number of aromatic nitrogens is 2. The fourth-order valence-corrected chi connectivity index (χ4v) is 2.69. The van der Waals surface area contributed by atoms with Gasteiger partial charge in [0.15, 0.2) is 6.61 Å². The largest absolute Gasteiger partial charge is 0.468 e. The van der Waals surface area contributed by atoms with E-state index in [0.717, 1.165) is 17.8 Å². The Bertz CT molecular complexity index is 689. The van der Waals surface area contributed by atoms with Crippen molar-refractivity contribution in [3.63, 3.8) is 0 Å². The third kappa shape index (κ3) is 4.44. The van der Waals surface area contributed by atoms with Crippen molar-refractivity contribution in [2.75, 3.05) is 19.7 Å². The molecule has 1 aromatic carbocycles.